The molecule has 47 heavy (non-hydrogen) atoms. The molecule has 0 fully saturated rings. The van der Waals surface area contributed by atoms with E-state index in [1.54, 1.807) is 64.1 Å². The molecule has 0 bridgehead atoms. The van der Waals surface area contributed by atoms with Gasteiger partial charge in [-0.05, 0) is 113 Å². The smallest absolute Gasteiger partial charge is 0.201 e. The maximum Gasteiger partial charge on any atom is 0.201 e. The first-order chi connectivity index (χ1) is 21.3. The summed E-state index contributed by atoms with van der Waals surface area (Å²) in [5.74, 6) is -3.90. The predicted octanol–water partition coefficient (Wildman–Crippen LogP) is 11.7. The fourth-order valence-corrected chi connectivity index (χ4v) is 5.51. The van der Waals surface area contributed by atoms with Crippen molar-refractivity contribution >= 4 is 21.9 Å². The second kappa shape index (κ2) is 14.7. The second-order valence-electron chi connectivity index (χ2n) is 11.8. The van der Waals surface area contributed by atoms with Crippen molar-refractivity contribution in [3.8, 4) is 11.5 Å². The molecule has 254 valence electrons. The van der Waals surface area contributed by atoms with E-state index in [1.807, 2.05) is 13.8 Å². The lowest BCUT2D eigenvalue weighted by Gasteiger charge is -2.24. The molecule has 5 aromatic rings. The van der Waals surface area contributed by atoms with Gasteiger partial charge in [-0.1, -0.05) is 39.1 Å². The number of rotatable bonds is 0. The normalized spacial score (nSPS) is 16.2. The number of ether oxygens (including phenoxy) is 2. The molecule has 4 aromatic carbocycles. The summed E-state index contributed by atoms with van der Waals surface area (Å²) < 4.78 is 96.8. The van der Waals surface area contributed by atoms with Gasteiger partial charge in [-0.2, -0.15) is 8.78 Å². The molecule has 7 rings (SSSR count). The molecule has 0 N–H and O–H groups in total. The summed E-state index contributed by atoms with van der Waals surface area (Å²) >= 11 is 0. The van der Waals surface area contributed by atoms with Crippen molar-refractivity contribution in [2.24, 2.45) is 0 Å². The molecule has 0 amide bonds. The molecule has 2 unspecified atom stereocenters. The monoisotopic (exact) mass is 660 g/mol. The van der Waals surface area contributed by atoms with E-state index < -0.39 is 34.9 Å². The fraction of sp³-hybridized carbons (Fsp3) is 0.368. The summed E-state index contributed by atoms with van der Waals surface area (Å²) in [7, 11) is 0. The molecular formula is C38H42F6O3. The first kappa shape index (κ1) is 37.3. The van der Waals surface area contributed by atoms with E-state index in [2.05, 4.69) is 0 Å². The lowest BCUT2D eigenvalue weighted by Crippen LogP contribution is -2.20. The summed E-state index contributed by atoms with van der Waals surface area (Å²) in [6.45, 7) is 10.2. The average Bonchev–Trinajstić information content (AvgIpc) is 3.40. The van der Waals surface area contributed by atoms with Crippen LogP contribution in [0, 0.1) is 62.6 Å². The molecule has 2 atom stereocenters. The van der Waals surface area contributed by atoms with Gasteiger partial charge in [0.05, 0.1) is 12.2 Å². The van der Waals surface area contributed by atoms with Crippen LogP contribution in [0.2, 0.25) is 0 Å². The molecule has 0 aliphatic carbocycles. The van der Waals surface area contributed by atoms with Crippen molar-refractivity contribution in [3.05, 3.63) is 105 Å². The summed E-state index contributed by atoms with van der Waals surface area (Å²) in [6.07, 6.45) is 3.18. The third-order valence-corrected chi connectivity index (χ3v) is 8.19. The first-order valence-corrected chi connectivity index (χ1v) is 14.8. The molecule has 0 spiro atoms. The minimum absolute atomic E-state index is 0. The Kier molecular flexibility index (Phi) is 11.7. The zero-order valence-corrected chi connectivity index (χ0v) is 25.9. The van der Waals surface area contributed by atoms with Crippen LogP contribution in [0.5, 0.6) is 11.5 Å². The Labute approximate surface area is 272 Å². The van der Waals surface area contributed by atoms with Gasteiger partial charge < -0.3 is 13.9 Å². The second-order valence-corrected chi connectivity index (χ2v) is 11.8. The third-order valence-electron chi connectivity index (χ3n) is 8.19. The van der Waals surface area contributed by atoms with Crippen LogP contribution in [-0.4, -0.2) is 12.2 Å². The van der Waals surface area contributed by atoms with Crippen molar-refractivity contribution in [3.63, 3.8) is 0 Å². The Balaban J connectivity index is 0.000000189. The molecule has 9 heteroatoms. The van der Waals surface area contributed by atoms with Gasteiger partial charge in [0.25, 0.3) is 0 Å². The Morgan fingerprint density at radius 3 is 1.23 bits per heavy atom. The van der Waals surface area contributed by atoms with Gasteiger partial charge in [0, 0.05) is 10.8 Å². The van der Waals surface area contributed by atoms with Crippen LogP contribution < -0.4 is 9.47 Å². The lowest BCUT2D eigenvalue weighted by molar-refractivity contribution is 0.180. The number of aryl methyl sites for hydroxylation is 6. The van der Waals surface area contributed by atoms with E-state index in [9.17, 15) is 26.3 Å². The largest absolute Gasteiger partial charge is 0.487 e. The summed E-state index contributed by atoms with van der Waals surface area (Å²) in [6, 6.07) is 10.2. The number of halogens is 6. The molecular weight excluding hydrogens is 618 g/mol. The molecule has 2 aliphatic rings. The van der Waals surface area contributed by atoms with Crippen LogP contribution in [0.4, 0.5) is 26.3 Å². The van der Waals surface area contributed by atoms with Crippen molar-refractivity contribution < 1.29 is 40.2 Å². The minimum atomic E-state index is -0.841. The molecule has 1 aromatic heterocycles. The van der Waals surface area contributed by atoms with E-state index in [4.69, 9.17) is 13.9 Å². The van der Waals surface area contributed by atoms with Crippen molar-refractivity contribution in [1.29, 1.82) is 0 Å². The van der Waals surface area contributed by atoms with Gasteiger partial charge in [0.1, 0.15) is 0 Å². The van der Waals surface area contributed by atoms with Gasteiger partial charge in [-0.25, -0.2) is 17.6 Å². The minimum Gasteiger partial charge on any atom is -0.487 e. The van der Waals surface area contributed by atoms with Gasteiger partial charge in [0.2, 0.25) is 11.6 Å². The van der Waals surface area contributed by atoms with E-state index in [1.165, 1.54) is 0 Å². The highest BCUT2D eigenvalue weighted by Crippen LogP contribution is 2.35. The fourth-order valence-electron chi connectivity index (χ4n) is 5.51. The zero-order valence-electron chi connectivity index (χ0n) is 25.9. The van der Waals surface area contributed by atoms with Crippen LogP contribution >= 0.6 is 0 Å². The lowest BCUT2D eigenvalue weighted by atomic mass is 10.0. The first-order valence-electron chi connectivity index (χ1n) is 14.8. The van der Waals surface area contributed by atoms with E-state index in [-0.39, 0.29) is 49.7 Å². The Morgan fingerprint density at radius 1 is 0.511 bits per heavy atom. The molecule has 2 aliphatic heterocycles. The van der Waals surface area contributed by atoms with Crippen LogP contribution in [-0.2, 0) is 12.8 Å². The quantitative estimate of drug-likeness (QED) is 0.155. The number of fused-ring (bicyclic) bond motifs is 5. The van der Waals surface area contributed by atoms with Gasteiger partial charge in [-0.15, -0.1) is 0 Å². The molecule has 3 nitrogen and oxygen atoms in total. The average molecular weight is 661 g/mol. The van der Waals surface area contributed by atoms with Gasteiger partial charge >= 0.3 is 0 Å². The summed E-state index contributed by atoms with van der Waals surface area (Å²) in [5.41, 5.74) is 3.49. The van der Waals surface area contributed by atoms with Crippen LogP contribution in [0.3, 0.4) is 0 Å². The van der Waals surface area contributed by atoms with Gasteiger partial charge in [-0.3, -0.25) is 0 Å². The molecule has 3 heterocycles. The van der Waals surface area contributed by atoms with E-state index in [0.29, 0.717) is 33.0 Å². The Bertz CT molecular complexity index is 1780. The molecule has 0 radical (unpaired) electrons. The van der Waals surface area contributed by atoms with E-state index >= 15 is 0 Å². The van der Waals surface area contributed by atoms with Crippen LogP contribution in [0.25, 0.3) is 21.9 Å². The van der Waals surface area contributed by atoms with Crippen LogP contribution in [0.1, 0.15) is 74.9 Å². The summed E-state index contributed by atoms with van der Waals surface area (Å²) in [4.78, 5) is 0. The topological polar surface area (TPSA) is 31.6 Å². The number of benzene rings is 4. The predicted molar refractivity (Wildman–Crippen MR) is 176 cm³/mol. The van der Waals surface area contributed by atoms with Crippen molar-refractivity contribution in [1.82, 2.24) is 0 Å². The highest BCUT2D eigenvalue weighted by atomic mass is 19.2. The number of hydrogen-bond donors (Lipinski definition) is 0. The zero-order chi connectivity index (χ0) is 32.7. The SMILES string of the molecule is C.C.Cc1cc2c(c(F)c1F)OC(C)CC2.Cc1cc2c(c(F)c1F)OC(C)CC2.Cc1ccc2c(oc3c(F)c(C)ccc32)c1F. The summed E-state index contributed by atoms with van der Waals surface area (Å²) in [5, 5.41) is 1.23. The third kappa shape index (κ3) is 7.24. The Morgan fingerprint density at radius 2 is 0.872 bits per heavy atom. The van der Waals surface area contributed by atoms with Gasteiger partial charge in [0.15, 0.2) is 45.9 Å². The highest BCUT2D eigenvalue weighted by molar-refractivity contribution is 6.05. The number of hydrogen-bond acceptors (Lipinski definition) is 3. The highest BCUT2D eigenvalue weighted by Gasteiger charge is 2.25. The van der Waals surface area contributed by atoms with Crippen LogP contribution in [0.15, 0.2) is 40.8 Å². The maximum absolute atomic E-state index is 13.9. The number of furan rings is 1. The van der Waals surface area contributed by atoms with Crippen molar-refractivity contribution in [2.45, 2.75) is 94.3 Å². The molecule has 0 saturated heterocycles. The van der Waals surface area contributed by atoms with Crippen molar-refractivity contribution in [2.75, 3.05) is 0 Å². The molecule has 0 saturated carbocycles. The maximum atomic E-state index is 13.9. The van der Waals surface area contributed by atoms with E-state index in [0.717, 1.165) is 36.8 Å². The Hall–Kier alpha value is -4.14. The standard InChI is InChI=1S/C14H10F2O.2C11H12F2O.2CH4/c1-7-3-5-9-10-6-4-8(2)12(16)14(10)17-13(9)11(7)15;2*1-6-5-8-4-3-7(2)14-11(8)10(13)9(6)12;;/h3-6H,1-2H3;2*5,7H,3-4H2,1-2H3;2*1H4.